The third kappa shape index (κ3) is 2.27. The maximum Gasteiger partial charge on any atom is 0.207 e. The van der Waals surface area contributed by atoms with Gasteiger partial charge in [-0.2, -0.15) is 10.5 Å². The average molecular weight is 306 g/mol. The molecule has 6 nitrogen and oxygen atoms in total. The van der Waals surface area contributed by atoms with Crippen LogP contribution in [-0.2, 0) is 6.42 Å². The second-order valence-corrected chi connectivity index (χ2v) is 5.03. The van der Waals surface area contributed by atoms with Crippen molar-refractivity contribution in [1.82, 2.24) is 0 Å². The fraction of sp³-hybridized carbons (Fsp3) is 0.176. The van der Waals surface area contributed by atoms with E-state index in [1.54, 1.807) is 12.1 Å². The molecule has 2 aromatic heterocycles. The Labute approximate surface area is 129 Å². The van der Waals surface area contributed by atoms with Crippen molar-refractivity contribution in [3.63, 3.8) is 0 Å². The first-order valence-corrected chi connectivity index (χ1v) is 6.96. The summed E-state index contributed by atoms with van der Waals surface area (Å²) in [5, 5.41) is 18.4. The van der Waals surface area contributed by atoms with Gasteiger partial charge in [-0.05, 0) is 12.5 Å². The molecule has 3 rings (SSSR count). The second-order valence-electron chi connectivity index (χ2n) is 5.03. The highest BCUT2D eigenvalue weighted by Crippen LogP contribution is 2.27. The van der Waals surface area contributed by atoms with Crippen LogP contribution in [0.3, 0.4) is 0 Å². The molecule has 0 fully saturated rings. The summed E-state index contributed by atoms with van der Waals surface area (Å²) in [7, 11) is 0. The van der Waals surface area contributed by atoms with E-state index in [-0.39, 0.29) is 33.5 Å². The predicted octanol–water partition coefficient (Wildman–Crippen LogP) is 2.60. The van der Waals surface area contributed by atoms with Crippen molar-refractivity contribution in [1.29, 1.82) is 10.5 Å². The number of aryl methyl sites for hydroxylation is 1. The second kappa shape index (κ2) is 5.43. The molecule has 0 unspecified atom stereocenters. The normalized spacial score (nSPS) is 10.6. The zero-order chi connectivity index (χ0) is 16.6. The van der Waals surface area contributed by atoms with E-state index < -0.39 is 10.9 Å². The van der Waals surface area contributed by atoms with Crippen LogP contribution < -0.4 is 10.9 Å². The Morgan fingerprint density at radius 3 is 1.78 bits per heavy atom. The maximum absolute atomic E-state index is 12.2. The third-order valence-corrected chi connectivity index (χ3v) is 3.53. The van der Waals surface area contributed by atoms with Crippen molar-refractivity contribution in [2.75, 3.05) is 0 Å². The Hall–Kier alpha value is -3.38. The van der Waals surface area contributed by atoms with Gasteiger partial charge in [0.15, 0.2) is 10.9 Å². The summed E-state index contributed by atoms with van der Waals surface area (Å²) in [4.78, 5) is 24.4. The first kappa shape index (κ1) is 14.6. The summed E-state index contributed by atoms with van der Waals surface area (Å²) in [6, 6.07) is 7.18. The van der Waals surface area contributed by atoms with E-state index >= 15 is 0 Å². The van der Waals surface area contributed by atoms with Gasteiger partial charge in [-0.3, -0.25) is 9.59 Å². The first-order chi connectivity index (χ1) is 11.1. The van der Waals surface area contributed by atoms with Crippen molar-refractivity contribution < 1.29 is 8.83 Å². The fourth-order valence-corrected chi connectivity index (χ4v) is 2.56. The van der Waals surface area contributed by atoms with E-state index in [4.69, 9.17) is 19.4 Å². The highest BCUT2D eigenvalue weighted by Gasteiger charge is 2.17. The number of hydrogen-bond donors (Lipinski definition) is 0. The number of rotatable bonds is 2. The zero-order valence-electron chi connectivity index (χ0n) is 12.2. The summed E-state index contributed by atoms with van der Waals surface area (Å²) >= 11 is 0. The summed E-state index contributed by atoms with van der Waals surface area (Å²) in [6.07, 6.45) is 1.18. The number of fused-ring (bicyclic) bond motifs is 2. The van der Waals surface area contributed by atoms with Gasteiger partial charge < -0.3 is 8.83 Å². The van der Waals surface area contributed by atoms with Crippen LogP contribution in [-0.4, -0.2) is 0 Å². The molecular weight excluding hydrogens is 296 g/mol. The topological polar surface area (TPSA) is 108 Å². The lowest BCUT2D eigenvalue weighted by Gasteiger charge is -2.08. The number of nitrogens with zero attached hydrogens (tertiary/aromatic N) is 2. The zero-order valence-corrected chi connectivity index (χ0v) is 12.2. The molecule has 0 N–H and O–H groups in total. The van der Waals surface area contributed by atoms with Crippen LogP contribution in [0.25, 0.3) is 21.9 Å². The molecule has 0 aliphatic carbocycles. The lowest BCUT2D eigenvalue weighted by atomic mass is 10.0. The van der Waals surface area contributed by atoms with Crippen LogP contribution in [0.1, 0.15) is 30.4 Å². The van der Waals surface area contributed by atoms with Gasteiger partial charge in [0.2, 0.25) is 11.5 Å². The van der Waals surface area contributed by atoms with Crippen molar-refractivity contribution in [2.45, 2.75) is 19.8 Å². The molecule has 0 aliphatic heterocycles. The summed E-state index contributed by atoms with van der Waals surface area (Å²) in [6.45, 7) is 1.92. The Morgan fingerprint density at radius 2 is 1.39 bits per heavy atom. The van der Waals surface area contributed by atoms with Crippen LogP contribution in [0, 0.1) is 22.7 Å². The van der Waals surface area contributed by atoms with Crippen molar-refractivity contribution >= 4 is 21.9 Å². The van der Waals surface area contributed by atoms with E-state index in [2.05, 4.69) is 0 Å². The van der Waals surface area contributed by atoms with Gasteiger partial charge in [0.25, 0.3) is 0 Å². The Morgan fingerprint density at radius 1 is 0.913 bits per heavy atom. The van der Waals surface area contributed by atoms with E-state index in [1.165, 1.54) is 6.07 Å². The van der Waals surface area contributed by atoms with Gasteiger partial charge in [-0.25, -0.2) is 0 Å². The Bertz CT molecular complexity index is 1050. The monoisotopic (exact) mass is 306 g/mol. The maximum atomic E-state index is 12.2. The van der Waals surface area contributed by atoms with Crippen LogP contribution >= 0.6 is 0 Å². The SMILES string of the molecule is CCCc1c2oc(C#N)cc(=O)c2cc2c(=O)cc(C#N)oc12. The van der Waals surface area contributed by atoms with Gasteiger partial charge >= 0.3 is 0 Å². The lowest BCUT2D eigenvalue weighted by Crippen LogP contribution is -2.08. The van der Waals surface area contributed by atoms with Crippen LogP contribution in [0.2, 0.25) is 0 Å². The van der Waals surface area contributed by atoms with Gasteiger partial charge in [0.05, 0.1) is 10.8 Å². The van der Waals surface area contributed by atoms with Crippen molar-refractivity contribution in [2.24, 2.45) is 0 Å². The average Bonchev–Trinajstić information content (AvgIpc) is 2.55. The molecular formula is C17H10N2O4. The standard InChI is InChI=1S/C17H10N2O4/c1-2-3-11-16-12(14(20)4-9(7-18)22-16)6-13-15(21)5-10(8-19)23-17(11)13/h4-6H,2-3H2,1H3. The van der Waals surface area contributed by atoms with Gasteiger partial charge in [-0.15, -0.1) is 0 Å². The van der Waals surface area contributed by atoms with Crippen molar-refractivity contribution in [3.8, 4) is 12.1 Å². The van der Waals surface area contributed by atoms with Crippen molar-refractivity contribution in [3.05, 3.63) is 55.7 Å². The van der Waals surface area contributed by atoms with Crippen LogP contribution in [0.5, 0.6) is 0 Å². The molecule has 0 saturated carbocycles. The summed E-state index contributed by atoms with van der Waals surface area (Å²) < 4.78 is 11.0. The Balaban J connectivity index is 2.62. The number of nitriles is 2. The molecule has 112 valence electrons. The minimum absolute atomic E-state index is 0.113. The molecule has 6 heteroatoms. The highest BCUT2D eigenvalue weighted by atomic mass is 16.3. The minimum Gasteiger partial charge on any atom is -0.445 e. The molecule has 3 aromatic rings. The predicted molar refractivity (Wildman–Crippen MR) is 82.0 cm³/mol. The quantitative estimate of drug-likeness (QED) is 0.673. The van der Waals surface area contributed by atoms with E-state index in [9.17, 15) is 9.59 Å². The van der Waals surface area contributed by atoms with Crippen LogP contribution in [0.4, 0.5) is 0 Å². The molecule has 0 aliphatic rings. The smallest absolute Gasteiger partial charge is 0.207 e. The molecule has 2 heterocycles. The number of hydrogen-bond acceptors (Lipinski definition) is 6. The van der Waals surface area contributed by atoms with Gasteiger partial charge in [-0.1, -0.05) is 13.3 Å². The van der Waals surface area contributed by atoms with E-state index in [1.807, 2.05) is 6.92 Å². The highest BCUT2D eigenvalue weighted by molar-refractivity contribution is 5.96. The van der Waals surface area contributed by atoms with E-state index in [0.29, 0.717) is 18.4 Å². The molecule has 0 amide bonds. The molecule has 0 spiro atoms. The first-order valence-electron chi connectivity index (χ1n) is 6.96. The molecule has 0 atom stereocenters. The molecule has 23 heavy (non-hydrogen) atoms. The van der Waals surface area contributed by atoms with Gasteiger partial charge in [0.1, 0.15) is 23.3 Å². The molecule has 0 bridgehead atoms. The molecule has 0 saturated heterocycles. The molecule has 1 aromatic carbocycles. The minimum atomic E-state index is -0.397. The molecule has 0 radical (unpaired) electrons. The Kier molecular flexibility index (Phi) is 3.44. The largest absolute Gasteiger partial charge is 0.445 e. The summed E-state index contributed by atoms with van der Waals surface area (Å²) in [5.41, 5.74) is 0.170. The van der Waals surface area contributed by atoms with Crippen LogP contribution in [0.15, 0.2) is 36.6 Å². The third-order valence-electron chi connectivity index (χ3n) is 3.53. The fourth-order valence-electron chi connectivity index (χ4n) is 2.56. The lowest BCUT2D eigenvalue weighted by molar-refractivity contribution is 0.565. The van der Waals surface area contributed by atoms with Gasteiger partial charge in [0, 0.05) is 17.7 Å². The number of benzene rings is 1. The van der Waals surface area contributed by atoms with E-state index in [0.717, 1.165) is 12.1 Å². The summed E-state index contributed by atoms with van der Waals surface area (Å²) in [5.74, 6) is -0.226.